The molecule has 0 radical (unpaired) electrons. The van der Waals surface area contributed by atoms with Crippen molar-refractivity contribution in [3.63, 3.8) is 0 Å². The van der Waals surface area contributed by atoms with Gasteiger partial charge in [-0.1, -0.05) is 0 Å². The van der Waals surface area contributed by atoms with Crippen molar-refractivity contribution in [2.45, 2.75) is 120 Å². The molecule has 0 N–H and O–H groups in total. The summed E-state index contributed by atoms with van der Waals surface area (Å²) in [4.78, 5) is 0. The van der Waals surface area contributed by atoms with Crippen LogP contribution in [0.5, 0.6) is 0 Å². The van der Waals surface area contributed by atoms with Crippen LogP contribution in [0, 0.1) is 20.8 Å². The van der Waals surface area contributed by atoms with Crippen LogP contribution >= 0.6 is 17.0 Å². The van der Waals surface area contributed by atoms with Crippen LogP contribution in [0.3, 0.4) is 0 Å². The van der Waals surface area contributed by atoms with Crippen molar-refractivity contribution in [1.82, 2.24) is 0 Å². The molecule has 0 bridgehead atoms. The number of hydrogen-bond donors (Lipinski definition) is 0. The van der Waals surface area contributed by atoms with E-state index >= 15 is 0 Å². The van der Waals surface area contributed by atoms with Gasteiger partial charge in [0.15, 0.2) is 0 Å². The number of benzene rings is 4. The van der Waals surface area contributed by atoms with Crippen LogP contribution in [0.2, 0.25) is 13.1 Å². The van der Waals surface area contributed by atoms with Gasteiger partial charge in [-0.15, -0.1) is 0 Å². The van der Waals surface area contributed by atoms with Crippen LogP contribution in [0.25, 0.3) is 40.0 Å². The molecule has 7 rings (SSSR count). The summed E-state index contributed by atoms with van der Waals surface area (Å²) in [5.74, 6) is 1.79. The first kappa shape index (κ1) is 41.5. The van der Waals surface area contributed by atoms with Gasteiger partial charge in [0.25, 0.3) is 0 Å². The summed E-state index contributed by atoms with van der Waals surface area (Å²) in [6, 6.07) is 32.1. The van der Waals surface area contributed by atoms with Gasteiger partial charge >= 0.3 is 348 Å². The minimum atomic E-state index is -5.18. The summed E-state index contributed by atoms with van der Waals surface area (Å²) in [6.45, 7) is 27.3. The van der Waals surface area contributed by atoms with Crippen LogP contribution in [-0.2, 0) is 25.8 Å². The van der Waals surface area contributed by atoms with E-state index < -0.39 is 20.4 Å². The molecule has 56 heavy (non-hydrogen) atoms. The Morgan fingerprint density at radius 1 is 0.625 bits per heavy atom. The fourth-order valence-electron chi connectivity index (χ4n) is 9.56. The first-order valence-electron chi connectivity index (χ1n) is 20.6. The van der Waals surface area contributed by atoms with Crippen molar-refractivity contribution >= 4 is 40.2 Å². The van der Waals surface area contributed by atoms with E-state index in [9.17, 15) is 0 Å². The fraction of sp³-hybridized carbons (Fsp3) is 0.373. The molecule has 5 heteroatoms. The van der Waals surface area contributed by atoms with Gasteiger partial charge in [0.1, 0.15) is 0 Å². The van der Waals surface area contributed by atoms with E-state index in [-0.39, 0.29) is 18.1 Å². The van der Waals surface area contributed by atoms with Gasteiger partial charge in [-0.25, -0.2) is 0 Å². The summed E-state index contributed by atoms with van der Waals surface area (Å²) in [5, 5.41) is 0. The standard InChI is InChI=1S/C25H25O.C24H29.C2H6Si.2ClH.Zr/c1-16-6-8-19-14-20(23-13-7-17(2)26-23)15-22(19)24(16)18-9-11-21(12-10-18)25(3,4)5;1-6-7-8-18-15-20-10-9-17(2)23(22(20)16-18)19-11-13-21(14-12-19)24(3,4)5;1-3-2;;;/h6-15H,1-5H3;9-16H,6-8H2,1-5H3;1-2H3;2*1H;/q;;;;;+2/p-2. The van der Waals surface area contributed by atoms with Crippen LogP contribution in [0.1, 0.15) is 131 Å². The molecule has 1 aromatic heterocycles. The zero-order valence-corrected chi connectivity index (χ0v) is 40.6. The Bertz CT molecular complexity index is 2470. The van der Waals surface area contributed by atoms with Crippen LogP contribution < -0.4 is 0 Å². The van der Waals surface area contributed by atoms with E-state index in [0.717, 1.165) is 36.4 Å². The topological polar surface area (TPSA) is 13.1 Å². The molecule has 0 aliphatic heterocycles. The van der Waals surface area contributed by atoms with Crippen LogP contribution in [0.15, 0.2) is 94.9 Å². The second-order valence-corrected chi connectivity index (χ2v) is 57.8. The predicted molar refractivity (Wildman–Crippen MR) is 244 cm³/mol. The molecule has 0 fully saturated rings. The maximum atomic E-state index is 8.94. The average molecular weight is 879 g/mol. The van der Waals surface area contributed by atoms with Crippen molar-refractivity contribution in [2.24, 2.45) is 0 Å². The van der Waals surface area contributed by atoms with Gasteiger partial charge in [-0.05, 0) is 0 Å². The van der Waals surface area contributed by atoms with Gasteiger partial charge in [0.2, 0.25) is 0 Å². The maximum absolute atomic E-state index is 8.94. The molecule has 2 aliphatic rings. The summed E-state index contributed by atoms with van der Waals surface area (Å²) in [5.41, 5.74) is 16.9. The Balaban J connectivity index is 1.50. The minimum absolute atomic E-state index is 0.00959. The van der Waals surface area contributed by atoms with Gasteiger partial charge in [0, 0.05) is 0 Å². The summed E-state index contributed by atoms with van der Waals surface area (Å²) < 4.78 is 6.43. The molecule has 292 valence electrons. The molecule has 1 nitrogen and oxygen atoms in total. The molecule has 2 unspecified atom stereocenters. The molecule has 4 aromatic carbocycles. The first-order chi connectivity index (χ1) is 26.2. The van der Waals surface area contributed by atoms with Crippen molar-refractivity contribution in [2.75, 3.05) is 0 Å². The monoisotopic (exact) mass is 876 g/mol. The van der Waals surface area contributed by atoms with E-state index in [2.05, 4.69) is 172 Å². The first-order valence-corrected chi connectivity index (χ1v) is 36.0. The third-order valence-corrected chi connectivity index (χ3v) is 59.2. The normalized spacial score (nSPS) is 17.1. The SMILES string of the molecule is CCCCC1=Cc2c(ccc(C)c2-c2ccc(C(C)(C)C)cc2)[CH]1[Zr]([Cl])([Cl])([CH]1C(c2ccc(C)o2)=Cc2c1ccc(C)c2-c1ccc(C(C)(C)C)cc1)=[Si](C)C. The van der Waals surface area contributed by atoms with E-state index in [1.807, 2.05) is 6.92 Å². The third-order valence-electron chi connectivity index (χ3n) is 12.8. The zero-order chi connectivity index (χ0) is 40.6. The van der Waals surface area contributed by atoms with Crippen LogP contribution in [-0.4, -0.2) is 5.43 Å². The van der Waals surface area contributed by atoms with Crippen molar-refractivity contribution in [3.05, 3.63) is 147 Å². The van der Waals surface area contributed by atoms with Crippen molar-refractivity contribution in [1.29, 1.82) is 0 Å². The molecule has 0 amide bonds. The second-order valence-electron chi connectivity index (χ2n) is 19.0. The van der Waals surface area contributed by atoms with E-state index in [1.165, 1.54) is 72.3 Å². The van der Waals surface area contributed by atoms with Gasteiger partial charge < -0.3 is 0 Å². The number of halogens is 2. The molecule has 5 aromatic rings. The van der Waals surface area contributed by atoms with Crippen molar-refractivity contribution < 1.29 is 19.4 Å². The molecule has 0 saturated carbocycles. The summed E-state index contributed by atoms with van der Waals surface area (Å²) >= 11 is -5.18. The molecule has 1 heterocycles. The average Bonchev–Trinajstić information content (AvgIpc) is 3.85. The number of hydrogen-bond acceptors (Lipinski definition) is 1. The Morgan fingerprint density at radius 3 is 1.54 bits per heavy atom. The Hall–Kier alpha value is -2.68. The Morgan fingerprint density at radius 2 is 1.11 bits per heavy atom. The number of unbranched alkanes of at least 4 members (excludes halogenated alkanes) is 1. The van der Waals surface area contributed by atoms with E-state index in [4.69, 9.17) is 21.4 Å². The molecule has 2 aliphatic carbocycles. The quantitative estimate of drug-likeness (QED) is 0.142. The number of fused-ring (bicyclic) bond motifs is 2. The molecule has 0 saturated heterocycles. The molecule has 0 spiro atoms. The van der Waals surface area contributed by atoms with E-state index in [0.29, 0.717) is 0 Å². The number of aryl methyl sites for hydroxylation is 3. The Labute approximate surface area is 345 Å². The van der Waals surface area contributed by atoms with Crippen molar-refractivity contribution in [3.8, 4) is 22.3 Å². The van der Waals surface area contributed by atoms with Gasteiger partial charge in [-0.2, -0.15) is 0 Å². The summed E-state index contributed by atoms with van der Waals surface area (Å²) in [7, 11) is 17.9. The number of rotatable bonds is 8. The molecular weight excluding hydrogens is 819 g/mol. The Kier molecular flexibility index (Phi) is 11.0. The second kappa shape index (κ2) is 14.9. The molecule has 2 atom stereocenters. The number of furan rings is 1. The van der Waals surface area contributed by atoms with Crippen LogP contribution in [0.4, 0.5) is 0 Å². The van der Waals surface area contributed by atoms with Gasteiger partial charge in [-0.3, -0.25) is 0 Å². The number of allylic oxidation sites excluding steroid dienone is 2. The fourth-order valence-corrected chi connectivity index (χ4v) is 38.0. The summed E-state index contributed by atoms with van der Waals surface area (Å²) in [6.07, 6.45) is 8.14. The molecular formula is C51H60Cl2OSiZr. The zero-order valence-electron chi connectivity index (χ0n) is 35.7. The predicted octanol–water partition coefficient (Wildman–Crippen LogP) is 16.3. The third kappa shape index (κ3) is 6.99. The van der Waals surface area contributed by atoms with E-state index in [1.54, 1.807) is 0 Å². The van der Waals surface area contributed by atoms with Gasteiger partial charge in [0.05, 0.1) is 0 Å².